The van der Waals surface area contributed by atoms with Crippen molar-refractivity contribution in [3.8, 4) is 0 Å². The van der Waals surface area contributed by atoms with Crippen molar-refractivity contribution in [3.63, 3.8) is 0 Å². The number of ether oxygens (including phenoxy) is 1. The minimum atomic E-state index is -5.42. The fourth-order valence-electron chi connectivity index (χ4n) is 0.722. The minimum Gasteiger partial charge on any atom is -0.460 e. The maximum absolute atomic E-state index is 11.0. The number of hydrogen-bond donors (Lipinski definition) is 2. The van der Waals surface area contributed by atoms with Crippen molar-refractivity contribution in [3.05, 3.63) is 10.1 Å². The van der Waals surface area contributed by atoms with Gasteiger partial charge in [-0.1, -0.05) is 0 Å². The van der Waals surface area contributed by atoms with E-state index in [4.69, 9.17) is 9.66 Å². The van der Waals surface area contributed by atoms with E-state index in [1.165, 1.54) is 6.92 Å². The normalized spacial score (nSPS) is 15.4. The second-order valence-corrected chi connectivity index (χ2v) is 4.02. The van der Waals surface area contributed by atoms with Crippen LogP contribution in [0.4, 0.5) is 0 Å². The molecule has 0 aliphatic rings. The molecular weight excluding hydrogens is 234 g/mol. The van der Waals surface area contributed by atoms with Crippen LogP contribution in [0.2, 0.25) is 0 Å². The highest BCUT2D eigenvalue weighted by atomic mass is 32.2. The number of nitrogens with zero attached hydrogens (tertiary/aromatic N) is 1. The Morgan fingerprint density at radius 2 is 2.07 bits per heavy atom. The van der Waals surface area contributed by atoms with E-state index in [-0.39, 0.29) is 6.61 Å². The van der Waals surface area contributed by atoms with Crippen LogP contribution in [0, 0.1) is 10.1 Å². The van der Waals surface area contributed by atoms with Crippen molar-refractivity contribution in [2.75, 3.05) is 13.2 Å². The van der Waals surface area contributed by atoms with Crippen LogP contribution in [0.15, 0.2) is 0 Å². The van der Waals surface area contributed by atoms with Gasteiger partial charge in [0.05, 0.1) is 11.5 Å². The van der Waals surface area contributed by atoms with Gasteiger partial charge in [-0.3, -0.25) is 14.7 Å². The highest BCUT2D eigenvalue weighted by Gasteiger charge is 2.64. The lowest BCUT2D eigenvalue weighted by Crippen LogP contribution is -2.56. The predicted molar refractivity (Wildman–Crippen MR) is 45.0 cm³/mol. The first-order valence-corrected chi connectivity index (χ1v) is 5.07. The number of carbonyl (C=O) groups is 1. The van der Waals surface area contributed by atoms with Gasteiger partial charge in [0.25, 0.3) is 0 Å². The van der Waals surface area contributed by atoms with Gasteiger partial charge in [0, 0.05) is 0 Å². The van der Waals surface area contributed by atoms with Gasteiger partial charge in [-0.2, -0.15) is 8.42 Å². The Morgan fingerprint density at radius 1 is 1.60 bits per heavy atom. The van der Waals surface area contributed by atoms with Gasteiger partial charge >= 0.3 is 21.0 Å². The molecule has 1 atom stereocenters. The average molecular weight is 243 g/mol. The molecule has 10 heteroatoms. The first-order valence-electron chi connectivity index (χ1n) is 3.63. The molecule has 0 radical (unpaired) electrons. The maximum Gasteiger partial charge on any atom is 0.458 e. The molecule has 0 rings (SSSR count). The summed E-state index contributed by atoms with van der Waals surface area (Å²) in [6, 6.07) is 0. The van der Waals surface area contributed by atoms with Crippen molar-refractivity contribution in [1.82, 2.24) is 0 Å². The third kappa shape index (κ3) is 2.22. The molecule has 0 aliphatic carbocycles. The largest absolute Gasteiger partial charge is 0.460 e. The zero-order valence-corrected chi connectivity index (χ0v) is 8.43. The van der Waals surface area contributed by atoms with Gasteiger partial charge in [0.15, 0.2) is 0 Å². The second-order valence-electron chi connectivity index (χ2n) is 2.40. The Kier molecular flexibility index (Phi) is 4.13. The third-order valence-corrected chi connectivity index (χ3v) is 2.83. The molecule has 0 aromatic rings. The first kappa shape index (κ1) is 13.7. The summed E-state index contributed by atoms with van der Waals surface area (Å²) >= 11 is 0. The highest BCUT2D eigenvalue weighted by molar-refractivity contribution is 7.87. The predicted octanol–water partition coefficient (Wildman–Crippen LogP) is -1.60. The third-order valence-electron chi connectivity index (χ3n) is 1.53. The maximum atomic E-state index is 11.0. The molecule has 15 heavy (non-hydrogen) atoms. The number of rotatable bonds is 5. The van der Waals surface area contributed by atoms with Crippen LogP contribution < -0.4 is 0 Å². The number of esters is 1. The van der Waals surface area contributed by atoms with Gasteiger partial charge in [-0.05, 0) is 6.92 Å². The summed E-state index contributed by atoms with van der Waals surface area (Å²) in [5, 5.41) is 19.0. The van der Waals surface area contributed by atoms with Crippen molar-refractivity contribution in [2.45, 2.75) is 11.8 Å². The Balaban J connectivity index is 5.58. The smallest absolute Gasteiger partial charge is 0.458 e. The molecule has 0 aromatic carbocycles. The lowest BCUT2D eigenvalue weighted by molar-refractivity contribution is -0.532. The van der Waals surface area contributed by atoms with Crippen LogP contribution in [0.3, 0.4) is 0 Å². The standard InChI is InChI=1S/C5H9NO8S/c1-2-14-4(8)5(3-7,6(9)10)15(11,12)13/h7H,2-3H2,1H3,(H,11,12,13). The van der Waals surface area contributed by atoms with Crippen LogP contribution in [0.5, 0.6) is 0 Å². The molecule has 88 valence electrons. The lowest BCUT2D eigenvalue weighted by Gasteiger charge is -2.17. The van der Waals surface area contributed by atoms with E-state index in [1.807, 2.05) is 0 Å². The quantitative estimate of drug-likeness (QED) is 0.254. The number of aliphatic hydroxyl groups is 1. The van der Waals surface area contributed by atoms with E-state index in [0.717, 1.165) is 0 Å². The summed E-state index contributed by atoms with van der Waals surface area (Å²) in [6.45, 7) is -0.758. The van der Waals surface area contributed by atoms with Crippen molar-refractivity contribution >= 4 is 16.1 Å². The molecular formula is C5H9NO8S. The van der Waals surface area contributed by atoms with Crippen molar-refractivity contribution in [2.24, 2.45) is 0 Å². The van der Waals surface area contributed by atoms with Crippen molar-refractivity contribution in [1.29, 1.82) is 0 Å². The lowest BCUT2D eigenvalue weighted by atomic mass is 10.3. The van der Waals surface area contributed by atoms with E-state index in [2.05, 4.69) is 4.74 Å². The number of aliphatic hydroxyl groups excluding tert-OH is 1. The second kappa shape index (κ2) is 4.51. The summed E-state index contributed by atoms with van der Waals surface area (Å²) in [5.41, 5.74) is 0. The Bertz CT molecular complexity index is 361. The first-order chi connectivity index (χ1) is 6.74. The zero-order valence-electron chi connectivity index (χ0n) is 7.61. The summed E-state index contributed by atoms with van der Waals surface area (Å²) < 4.78 is 34.1. The molecule has 0 amide bonds. The van der Waals surface area contributed by atoms with Crippen LogP contribution in [0.1, 0.15) is 6.92 Å². The average Bonchev–Trinajstić information content (AvgIpc) is 2.02. The zero-order chi connectivity index (χ0) is 12.3. The van der Waals surface area contributed by atoms with Gasteiger partial charge in [-0.25, -0.2) is 4.79 Å². The Morgan fingerprint density at radius 3 is 2.27 bits per heavy atom. The molecule has 0 fully saturated rings. The topological polar surface area (TPSA) is 144 Å². The van der Waals surface area contributed by atoms with Gasteiger partial charge in [0.1, 0.15) is 6.61 Å². The van der Waals surface area contributed by atoms with E-state index in [0.29, 0.717) is 0 Å². The molecule has 0 spiro atoms. The molecule has 0 saturated heterocycles. The van der Waals surface area contributed by atoms with E-state index >= 15 is 0 Å². The van der Waals surface area contributed by atoms with Gasteiger partial charge < -0.3 is 9.84 Å². The minimum absolute atomic E-state index is 0.329. The van der Waals surface area contributed by atoms with Crippen molar-refractivity contribution < 1.29 is 32.5 Å². The number of nitro groups is 1. The van der Waals surface area contributed by atoms with Crippen LogP contribution in [-0.2, 0) is 19.6 Å². The van der Waals surface area contributed by atoms with Crippen LogP contribution in [-0.4, -0.2) is 47.1 Å². The summed E-state index contributed by atoms with van der Waals surface area (Å²) in [6.07, 6.45) is 0. The summed E-state index contributed by atoms with van der Waals surface area (Å²) in [5.74, 6) is -1.83. The molecule has 0 heterocycles. The molecule has 1 unspecified atom stereocenters. The Labute approximate surface area is 84.5 Å². The van der Waals surface area contributed by atoms with Crippen LogP contribution in [0.25, 0.3) is 0 Å². The van der Waals surface area contributed by atoms with Gasteiger partial charge in [-0.15, -0.1) is 0 Å². The summed E-state index contributed by atoms with van der Waals surface area (Å²) in [7, 11) is -5.42. The highest BCUT2D eigenvalue weighted by Crippen LogP contribution is 2.19. The molecule has 2 N–H and O–H groups in total. The monoisotopic (exact) mass is 243 g/mol. The Hall–Kier alpha value is -1.26. The molecule has 0 aliphatic heterocycles. The van der Waals surface area contributed by atoms with Crippen LogP contribution >= 0.6 is 0 Å². The fourth-order valence-corrected chi connectivity index (χ4v) is 1.34. The van der Waals surface area contributed by atoms with E-state index < -0.39 is 32.5 Å². The number of hydrogen-bond acceptors (Lipinski definition) is 7. The molecule has 0 bridgehead atoms. The van der Waals surface area contributed by atoms with Gasteiger partial charge in [0.2, 0.25) is 0 Å². The molecule has 9 nitrogen and oxygen atoms in total. The molecule has 0 saturated carbocycles. The van der Waals surface area contributed by atoms with E-state index in [1.54, 1.807) is 0 Å². The SMILES string of the molecule is CCOC(=O)C(CO)([N+](=O)[O-])S(=O)(=O)O. The molecule has 0 aromatic heterocycles. The number of carbonyl (C=O) groups excluding carboxylic acids is 1. The fraction of sp³-hybridized carbons (Fsp3) is 0.800. The summed E-state index contributed by atoms with van der Waals surface area (Å²) in [4.78, 5) is 16.3. The van der Waals surface area contributed by atoms with E-state index in [9.17, 15) is 23.3 Å².